The number of hydrogen-bond acceptors (Lipinski definition) is 2. The van der Waals surface area contributed by atoms with Gasteiger partial charge in [-0.3, -0.25) is 0 Å². The molecule has 2 N–H and O–H groups in total. The van der Waals surface area contributed by atoms with Gasteiger partial charge in [-0.15, -0.1) is 0 Å². The van der Waals surface area contributed by atoms with Crippen LogP contribution in [0.25, 0.3) is 0 Å². The van der Waals surface area contributed by atoms with Crippen molar-refractivity contribution in [3.05, 3.63) is 0 Å². The number of aliphatic hydroxyl groups is 1. The first-order valence-electron chi connectivity index (χ1n) is 4.89. The summed E-state index contributed by atoms with van der Waals surface area (Å²) in [5.74, 6) is 0.694. The molecule has 2 atom stereocenters. The Morgan fingerprint density at radius 2 is 2.17 bits per heavy atom. The van der Waals surface area contributed by atoms with Gasteiger partial charge in [0.05, 0.1) is 6.10 Å². The van der Waals surface area contributed by atoms with Crippen LogP contribution >= 0.6 is 0 Å². The standard InChI is InChI=1S/C10H21NO/c1-10(2,3)9(12)6-8-4-5-11-7-8/h8-9,11-12H,4-7H2,1-3H3. The van der Waals surface area contributed by atoms with E-state index < -0.39 is 0 Å². The molecule has 1 fully saturated rings. The van der Waals surface area contributed by atoms with Gasteiger partial charge >= 0.3 is 0 Å². The summed E-state index contributed by atoms with van der Waals surface area (Å²) in [6, 6.07) is 0. The van der Waals surface area contributed by atoms with Crippen LogP contribution in [0.15, 0.2) is 0 Å². The number of nitrogens with one attached hydrogen (secondary N) is 1. The highest BCUT2D eigenvalue weighted by atomic mass is 16.3. The van der Waals surface area contributed by atoms with Crippen LogP contribution in [0.1, 0.15) is 33.6 Å². The highest BCUT2D eigenvalue weighted by Crippen LogP contribution is 2.26. The van der Waals surface area contributed by atoms with E-state index in [0.29, 0.717) is 5.92 Å². The average molecular weight is 171 g/mol. The van der Waals surface area contributed by atoms with E-state index >= 15 is 0 Å². The minimum absolute atomic E-state index is 0.0442. The van der Waals surface area contributed by atoms with Crippen LogP contribution in [0, 0.1) is 11.3 Å². The zero-order chi connectivity index (χ0) is 9.19. The van der Waals surface area contributed by atoms with Crippen molar-refractivity contribution in [3.63, 3.8) is 0 Å². The summed E-state index contributed by atoms with van der Waals surface area (Å²) in [7, 11) is 0. The predicted molar refractivity (Wildman–Crippen MR) is 51.1 cm³/mol. The molecule has 2 unspecified atom stereocenters. The Balaban J connectivity index is 2.30. The first-order chi connectivity index (χ1) is 5.50. The molecule has 0 radical (unpaired) electrons. The first kappa shape index (κ1) is 10.0. The highest BCUT2D eigenvalue weighted by molar-refractivity contribution is 4.79. The SMILES string of the molecule is CC(C)(C)C(O)CC1CCNC1. The summed E-state index contributed by atoms with van der Waals surface area (Å²) in [4.78, 5) is 0. The van der Waals surface area contributed by atoms with Crippen molar-refractivity contribution in [3.8, 4) is 0 Å². The van der Waals surface area contributed by atoms with Gasteiger partial charge in [0.25, 0.3) is 0 Å². The monoisotopic (exact) mass is 171 g/mol. The molecule has 0 aromatic heterocycles. The maximum atomic E-state index is 9.82. The van der Waals surface area contributed by atoms with Crippen LogP contribution in [-0.2, 0) is 0 Å². The molecule has 0 aromatic rings. The minimum atomic E-state index is -0.151. The van der Waals surface area contributed by atoms with Crippen molar-refractivity contribution < 1.29 is 5.11 Å². The molecule has 1 aliphatic rings. The van der Waals surface area contributed by atoms with Crippen LogP contribution in [0.3, 0.4) is 0 Å². The molecule has 1 aliphatic heterocycles. The third-order valence-electron chi connectivity index (χ3n) is 2.72. The lowest BCUT2D eigenvalue weighted by molar-refractivity contribution is 0.0433. The fourth-order valence-electron chi connectivity index (χ4n) is 1.58. The van der Waals surface area contributed by atoms with Gasteiger partial charge in [-0.05, 0) is 37.3 Å². The Labute approximate surface area is 75.4 Å². The van der Waals surface area contributed by atoms with Gasteiger partial charge < -0.3 is 10.4 Å². The Morgan fingerprint density at radius 1 is 1.50 bits per heavy atom. The van der Waals surface area contributed by atoms with Crippen molar-refractivity contribution in [2.24, 2.45) is 11.3 Å². The van der Waals surface area contributed by atoms with E-state index in [9.17, 15) is 5.11 Å². The summed E-state index contributed by atoms with van der Waals surface area (Å²) >= 11 is 0. The lowest BCUT2D eigenvalue weighted by Gasteiger charge is -2.27. The maximum Gasteiger partial charge on any atom is 0.0591 e. The zero-order valence-corrected chi connectivity index (χ0v) is 8.43. The van der Waals surface area contributed by atoms with Gasteiger partial charge in [0, 0.05) is 0 Å². The summed E-state index contributed by atoms with van der Waals surface area (Å²) in [6.45, 7) is 8.51. The molecule has 2 heteroatoms. The molecule has 0 amide bonds. The molecule has 0 aromatic carbocycles. The van der Waals surface area contributed by atoms with E-state index in [0.717, 1.165) is 19.5 Å². The maximum absolute atomic E-state index is 9.82. The van der Waals surface area contributed by atoms with Crippen LogP contribution < -0.4 is 5.32 Å². The summed E-state index contributed by atoms with van der Waals surface area (Å²) in [6.07, 6.45) is 2.03. The van der Waals surface area contributed by atoms with E-state index in [2.05, 4.69) is 26.1 Å². The topological polar surface area (TPSA) is 32.3 Å². The Hall–Kier alpha value is -0.0800. The molecule has 2 nitrogen and oxygen atoms in total. The van der Waals surface area contributed by atoms with Gasteiger partial charge in [0.15, 0.2) is 0 Å². The molecule has 72 valence electrons. The Bertz CT molecular complexity index is 133. The molecule has 1 heterocycles. The summed E-state index contributed by atoms with van der Waals surface area (Å²) in [5, 5.41) is 13.1. The summed E-state index contributed by atoms with van der Waals surface area (Å²) in [5.41, 5.74) is 0.0442. The van der Waals surface area contributed by atoms with Gasteiger partial charge in [-0.25, -0.2) is 0 Å². The van der Waals surface area contributed by atoms with E-state index in [4.69, 9.17) is 0 Å². The van der Waals surface area contributed by atoms with Crippen molar-refractivity contribution in [2.45, 2.75) is 39.7 Å². The number of hydrogen-bond donors (Lipinski definition) is 2. The molecular weight excluding hydrogens is 150 g/mol. The second-order valence-corrected chi connectivity index (χ2v) is 4.98. The fourth-order valence-corrected chi connectivity index (χ4v) is 1.58. The van der Waals surface area contributed by atoms with Crippen molar-refractivity contribution in [1.29, 1.82) is 0 Å². The third kappa shape index (κ3) is 2.76. The van der Waals surface area contributed by atoms with Crippen molar-refractivity contribution in [1.82, 2.24) is 5.32 Å². The third-order valence-corrected chi connectivity index (χ3v) is 2.72. The van der Waals surface area contributed by atoms with E-state index in [1.807, 2.05) is 0 Å². The largest absolute Gasteiger partial charge is 0.393 e. The molecule has 1 saturated heterocycles. The first-order valence-corrected chi connectivity index (χ1v) is 4.89. The van der Waals surface area contributed by atoms with E-state index in [1.54, 1.807) is 0 Å². The van der Waals surface area contributed by atoms with Gasteiger partial charge in [-0.2, -0.15) is 0 Å². The quantitative estimate of drug-likeness (QED) is 0.658. The Kier molecular flexibility index (Phi) is 3.13. The zero-order valence-electron chi connectivity index (χ0n) is 8.43. The highest BCUT2D eigenvalue weighted by Gasteiger charge is 2.26. The molecule has 0 spiro atoms. The molecule has 0 bridgehead atoms. The summed E-state index contributed by atoms with van der Waals surface area (Å²) < 4.78 is 0. The van der Waals surface area contributed by atoms with E-state index in [1.165, 1.54) is 6.42 Å². The van der Waals surface area contributed by atoms with Crippen LogP contribution in [0.4, 0.5) is 0 Å². The van der Waals surface area contributed by atoms with Crippen LogP contribution in [-0.4, -0.2) is 24.3 Å². The molecule has 12 heavy (non-hydrogen) atoms. The normalized spacial score (nSPS) is 27.5. The second kappa shape index (κ2) is 3.75. The number of rotatable bonds is 2. The number of aliphatic hydroxyl groups excluding tert-OH is 1. The van der Waals surface area contributed by atoms with Gasteiger partial charge in [-0.1, -0.05) is 20.8 Å². The average Bonchev–Trinajstić information content (AvgIpc) is 2.37. The smallest absolute Gasteiger partial charge is 0.0591 e. The predicted octanol–water partition coefficient (Wildman–Crippen LogP) is 1.39. The van der Waals surface area contributed by atoms with Crippen LogP contribution in [0.2, 0.25) is 0 Å². The fraction of sp³-hybridized carbons (Fsp3) is 1.00. The van der Waals surface area contributed by atoms with Crippen LogP contribution in [0.5, 0.6) is 0 Å². The van der Waals surface area contributed by atoms with Crippen molar-refractivity contribution in [2.75, 3.05) is 13.1 Å². The van der Waals surface area contributed by atoms with Crippen molar-refractivity contribution >= 4 is 0 Å². The Morgan fingerprint density at radius 3 is 2.58 bits per heavy atom. The molecule has 1 rings (SSSR count). The lowest BCUT2D eigenvalue weighted by atomic mass is 9.83. The molecular formula is C10H21NO. The van der Waals surface area contributed by atoms with Gasteiger partial charge in [0.1, 0.15) is 0 Å². The minimum Gasteiger partial charge on any atom is -0.393 e. The van der Waals surface area contributed by atoms with Gasteiger partial charge in [0.2, 0.25) is 0 Å². The molecule has 0 aliphatic carbocycles. The second-order valence-electron chi connectivity index (χ2n) is 4.98. The van der Waals surface area contributed by atoms with E-state index in [-0.39, 0.29) is 11.5 Å². The molecule has 0 saturated carbocycles. The lowest BCUT2D eigenvalue weighted by Crippen LogP contribution is -2.29.